The molecule has 246 valence electrons. The summed E-state index contributed by atoms with van der Waals surface area (Å²) in [6, 6.07) is 12.9. The van der Waals surface area contributed by atoms with Gasteiger partial charge in [-0.2, -0.15) is 5.10 Å². The number of phenolic OH excluding ortho intramolecular Hbond substituents is 2. The topological polar surface area (TPSA) is 193 Å². The molecule has 0 radical (unpaired) electrons. The average Bonchev–Trinajstić information content (AvgIpc) is 3.06. The Morgan fingerprint density at radius 2 is 1.77 bits per heavy atom. The number of aliphatic hydroxyl groups excluding tert-OH is 1. The molecule has 1 heterocycles. The number of nitrogens with zero attached hydrogens (tertiary/aromatic N) is 1. The number of phenols is 2. The molecule has 47 heavy (non-hydrogen) atoms. The Bertz CT molecular complexity index is 1800. The van der Waals surface area contributed by atoms with Gasteiger partial charge in [0.2, 0.25) is 5.78 Å². The lowest BCUT2D eigenvalue weighted by molar-refractivity contribution is -0.245. The van der Waals surface area contributed by atoms with Crippen LogP contribution in [-0.4, -0.2) is 79.9 Å². The van der Waals surface area contributed by atoms with Crippen LogP contribution in [0.1, 0.15) is 81.3 Å². The van der Waals surface area contributed by atoms with Gasteiger partial charge in [-0.25, -0.2) is 0 Å². The van der Waals surface area contributed by atoms with Crippen LogP contribution in [0, 0.1) is 0 Å². The van der Waals surface area contributed by atoms with Gasteiger partial charge in [-0.1, -0.05) is 54.7 Å². The van der Waals surface area contributed by atoms with Gasteiger partial charge in [-0.05, 0) is 19.9 Å². The second-order valence-corrected chi connectivity index (χ2v) is 12.5. The van der Waals surface area contributed by atoms with E-state index < -0.39 is 64.9 Å². The lowest BCUT2D eigenvalue weighted by atomic mass is 9.72. The molecule has 12 nitrogen and oxygen atoms in total. The number of aromatic hydroxyl groups is 2. The van der Waals surface area contributed by atoms with Gasteiger partial charge in [0.25, 0.3) is 0 Å². The van der Waals surface area contributed by atoms with Crippen molar-refractivity contribution in [2.24, 2.45) is 10.8 Å². The number of benzene rings is 3. The van der Waals surface area contributed by atoms with E-state index in [0.29, 0.717) is 10.6 Å². The normalized spacial score (nSPS) is 27.0. The van der Waals surface area contributed by atoms with Gasteiger partial charge in [0, 0.05) is 47.6 Å². The molecular formula is C34H35N3O9S. The molecule has 13 heteroatoms. The molecule has 3 aromatic rings. The molecule has 7 N–H and O–H groups in total. The van der Waals surface area contributed by atoms with Crippen molar-refractivity contribution < 1.29 is 44.2 Å². The van der Waals surface area contributed by atoms with Gasteiger partial charge in [0.1, 0.15) is 27.8 Å². The summed E-state index contributed by atoms with van der Waals surface area (Å²) in [5.74, 6) is -2.42. The summed E-state index contributed by atoms with van der Waals surface area (Å²) in [5.41, 5.74) is 7.22. The van der Waals surface area contributed by atoms with Gasteiger partial charge < -0.3 is 40.4 Å². The molecule has 0 amide bonds. The predicted octanol–water partition coefficient (Wildman–Crippen LogP) is 2.78. The van der Waals surface area contributed by atoms with E-state index in [1.54, 1.807) is 32.0 Å². The van der Waals surface area contributed by atoms with Crippen LogP contribution in [0.4, 0.5) is 0 Å². The van der Waals surface area contributed by atoms with Crippen LogP contribution in [0.15, 0.2) is 53.6 Å². The van der Waals surface area contributed by atoms with E-state index in [-0.39, 0.29) is 58.5 Å². The van der Waals surface area contributed by atoms with Crippen LogP contribution < -0.4 is 15.9 Å². The molecule has 1 aliphatic heterocycles. The lowest BCUT2D eigenvalue weighted by Gasteiger charge is -2.42. The van der Waals surface area contributed by atoms with Crippen molar-refractivity contribution in [1.82, 2.24) is 5.43 Å². The quantitative estimate of drug-likeness (QED) is 0.0767. The number of thiocarbonyl (C=S) groups is 1. The zero-order valence-electron chi connectivity index (χ0n) is 25.9. The number of nitrogens with two attached hydrogens (primary N) is 1. The maximum Gasteiger partial charge on any atom is 0.202 e. The number of ether oxygens (including phenoxy) is 3. The standard InChI is InChI=1S/C34H35N3O9S/c1-15-28(38)20(35)12-23(45-15)46-22-14-34(43,16(2)36-37-33(47)17-8-5-4-6-9-17)13-19-25(22)32(42)27-26(30(19)40)29(39)18-10-7-11-21(44-3)24(18)31(27)41/h4-11,15,20,22-23,28,38,40,42-43H,12-14,35H2,1-3H3,(H,37,47)/b36-16+. The van der Waals surface area contributed by atoms with Crippen molar-refractivity contribution in [3.8, 4) is 17.2 Å². The van der Waals surface area contributed by atoms with Crippen molar-refractivity contribution in [3.05, 3.63) is 87.5 Å². The molecule has 6 rings (SSSR count). The number of fused-ring (bicyclic) bond motifs is 3. The Morgan fingerprint density at radius 3 is 2.45 bits per heavy atom. The maximum atomic E-state index is 13.9. The number of aliphatic hydroxyl groups is 2. The van der Waals surface area contributed by atoms with Crippen molar-refractivity contribution in [3.63, 3.8) is 0 Å². The van der Waals surface area contributed by atoms with E-state index in [4.69, 9.17) is 32.2 Å². The second kappa shape index (κ2) is 12.4. The Morgan fingerprint density at radius 1 is 1.06 bits per heavy atom. The SMILES string of the molecule is COc1cccc2c1C(=O)c1c(O)c3c(c(O)c1C2=O)CC(O)(/C(C)=N/NC(=S)c1ccccc1)CC3OC1CC(N)C(O)C(C)O1. The Balaban J connectivity index is 1.46. The lowest BCUT2D eigenvalue weighted by Crippen LogP contribution is -2.52. The minimum atomic E-state index is -1.79. The fourth-order valence-electron chi connectivity index (χ4n) is 6.56. The first-order chi connectivity index (χ1) is 22.4. The first-order valence-corrected chi connectivity index (χ1v) is 15.5. The van der Waals surface area contributed by atoms with Gasteiger partial charge in [0.05, 0.1) is 47.8 Å². The highest BCUT2D eigenvalue weighted by Gasteiger charge is 2.49. The summed E-state index contributed by atoms with van der Waals surface area (Å²) in [7, 11) is 1.36. The molecule has 3 aliphatic rings. The minimum Gasteiger partial charge on any atom is -0.507 e. The van der Waals surface area contributed by atoms with Crippen LogP contribution in [0.25, 0.3) is 0 Å². The third kappa shape index (κ3) is 5.58. The molecule has 0 saturated carbocycles. The number of rotatable bonds is 6. The molecule has 1 fully saturated rings. The molecule has 0 bridgehead atoms. The highest BCUT2D eigenvalue weighted by atomic mass is 32.1. The van der Waals surface area contributed by atoms with E-state index in [1.165, 1.54) is 19.2 Å². The Hall–Kier alpha value is -4.24. The molecule has 0 aromatic heterocycles. The van der Waals surface area contributed by atoms with Gasteiger partial charge in [-0.15, -0.1) is 0 Å². The van der Waals surface area contributed by atoms with Crippen molar-refractivity contribution in [1.29, 1.82) is 0 Å². The largest absolute Gasteiger partial charge is 0.507 e. The highest BCUT2D eigenvalue weighted by Crippen LogP contribution is 2.52. The molecule has 6 atom stereocenters. The number of ketones is 2. The van der Waals surface area contributed by atoms with E-state index in [0.717, 1.165) is 0 Å². The number of carbonyl (C=O) groups is 2. The van der Waals surface area contributed by atoms with Crippen LogP contribution >= 0.6 is 12.2 Å². The second-order valence-electron chi connectivity index (χ2n) is 12.1. The monoisotopic (exact) mass is 661 g/mol. The van der Waals surface area contributed by atoms with Gasteiger partial charge in [0.15, 0.2) is 12.1 Å². The molecule has 6 unspecified atom stereocenters. The minimum absolute atomic E-state index is 0.000808. The number of methoxy groups -OCH3 is 1. The summed E-state index contributed by atoms with van der Waals surface area (Å²) in [6.07, 6.45) is -4.22. The summed E-state index contributed by atoms with van der Waals surface area (Å²) < 4.78 is 17.5. The maximum absolute atomic E-state index is 13.9. The van der Waals surface area contributed by atoms with E-state index in [2.05, 4.69) is 10.5 Å². The molecular weight excluding hydrogens is 626 g/mol. The third-order valence-corrected chi connectivity index (χ3v) is 9.50. The van der Waals surface area contributed by atoms with Crippen LogP contribution in [0.5, 0.6) is 17.2 Å². The predicted molar refractivity (Wildman–Crippen MR) is 174 cm³/mol. The zero-order chi connectivity index (χ0) is 33.8. The first kappa shape index (κ1) is 32.7. The number of hydrogen-bond acceptors (Lipinski definition) is 12. The first-order valence-electron chi connectivity index (χ1n) is 15.1. The summed E-state index contributed by atoms with van der Waals surface area (Å²) in [5, 5.41) is 50.3. The third-order valence-electron chi connectivity index (χ3n) is 9.18. The number of nitrogens with one attached hydrogen (secondary N) is 1. The zero-order valence-corrected chi connectivity index (χ0v) is 26.7. The summed E-state index contributed by atoms with van der Waals surface area (Å²) in [4.78, 5) is 28.0. The van der Waals surface area contributed by atoms with Crippen LogP contribution in [-0.2, 0) is 15.9 Å². The van der Waals surface area contributed by atoms with Crippen molar-refractivity contribution in [2.75, 3.05) is 7.11 Å². The summed E-state index contributed by atoms with van der Waals surface area (Å²) >= 11 is 5.46. The number of hydrazone groups is 1. The smallest absolute Gasteiger partial charge is 0.202 e. The Labute approximate surface area is 275 Å². The molecule has 0 spiro atoms. The van der Waals surface area contributed by atoms with E-state index in [9.17, 15) is 30.0 Å². The highest BCUT2D eigenvalue weighted by molar-refractivity contribution is 7.80. The van der Waals surface area contributed by atoms with Gasteiger partial charge in [-0.3, -0.25) is 15.0 Å². The molecule has 2 aliphatic carbocycles. The van der Waals surface area contributed by atoms with Gasteiger partial charge >= 0.3 is 0 Å². The molecule has 3 aromatic carbocycles. The fraction of sp³-hybridized carbons (Fsp3) is 0.353. The van der Waals surface area contributed by atoms with Crippen molar-refractivity contribution in [2.45, 2.75) is 69.4 Å². The van der Waals surface area contributed by atoms with E-state index >= 15 is 0 Å². The average molecular weight is 662 g/mol. The van der Waals surface area contributed by atoms with Crippen molar-refractivity contribution >= 4 is 34.5 Å². The molecule has 1 saturated heterocycles. The Kier molecular flexibility index (Phi) is 8.63. The van der Waals surface area contributed by atoms with E-state index in [1.807, 2.05) is 18.2 Å². The summed E-state index contributed by atoms with van der Waals surface area (Å²) in [6.45, 7) is 3.21. The van der Waals surface area contributed by atoms with Crippen LogP contribution in [0.3, 0.4) is 0 Å². The number of hydrogen-bond donors (Lipinski definition) is 6. The fourth-order valence-corrected chi connectivity index (χ4v) is 6.74. The van der Waals surface area contributed by atoms with Crippen LogP contribution in [0.2, 0.25) is 0 Å². The number of carbonyl (C=O) groups excluding carboxylic acids is 2.